The maximum Gasteiger partial charge on any atom is 0.338 e. The second-order valence-electron chi connectivity index (χ2n) is 6.77. The molecule has 1 heterocycles. The number of carbonyl (C=O) groups excluding carboxylic acids is 2. The Labute approximate surface area is 168 Å². The number of benzene rings is 2. The number of nitrogens with zero attached hydrogens (tertiary/aromatic N) is 2. The maximum absolute atomic E-state index is 12.3. The highest BCUT2D eigenvalue weighted by Gasteiger charge is 2.18. The van der Waals surface area contributed by atoms with Gasteiger partial charge in [0.15, 0.2) is 5.13 Å². The standard InChI is InChI=1S/C22H22N2O3S/c1-14-6-5-7-20(11-14)24(17(4)25)22-23-19(13-28-22)12-27-21(26)18-9-15(2)8-16(3)10-18/h5-11,13H,12H2,1-4H3. The summed E-state index contributed by atoms with van der Waals surface area (Å²) in [5, 5.41) is 2.35. The van der Waals surface area contributed by atoms with Gasteiger partial charge in [0, 0.05) is 12.3 Å². The molecule has 5 nitrogen and oxygen atoms in total. The quantitative estimate of drug-likeness (QED) is 0.564. The van der Waals surface area contributed by atoms with Crippen LogP contribution in [0, 0.1) is 20.8 Å². The number of ether oxygens (including phenoxy) is 1. The fraction of sp³-hybridized carbons (Fsp3) is 0.227. The minimum absolute atomic E-state index is 0.0574. The van der Waals surface area contributed by atoms with E-state index in [0.717, 1.165) is 22.4 Å². The molecule has 0 saturated carbocycles. The first-order valence-corrected chi connectivity index (χ1v) is 9.78. The van der Waals surface area contributed by atoms with Crippen molar-refractivity contribution in [2.24, 2.45) is 0 Å². The number of thiazole rings is 1. The van der Waals surface area contributed by atoms with Crippen molar-refractivity contribution < 1.29 is 14.3 Å². The van der Waals surface area contributed by atoms with Crippen molar-refractivity contribution in [1.82, 2.24) is 4.98 Å². The van der Waals surface area contributed by atoms with Crippen molar-refractivity contribution in [2.75, 3.05) is 4.90 Å². The molecule has 0 unspecified atom stereocenters. The van der Waals surface area contributed by atoms with Gasteiger partial charge in [-0.05, 0) is 50.6 Å². The van der Waals surface area contributed by atoms with E-state index < -0.39 is 0 Å². The van der Waals surface area contributed by atoms with Gasteiger partial charge >= 0.3 is 5.97 Å². The van der Waals surface area contributed by atoms with Crippen LogP contribution in [0.15, 0.2) is 47.8 Å². The highest BCUT2D eigenvalue weighted by atomic mass is 32.1. The summed E-state index contributed by atoms with van der Waals surface area (Å²) in [5.74, 6) is -0.512. The molecule has 0 aliphatic carbocycles. The average Bonchev–Trinajstić information content (AvgIpc) is 3.07. The van der Waals surface area contributed by atoms with E-state index in [0.29, 0.717) is 16.4 Å². The van der Waals surface area contributed by atoms with E-state index in [1.807, 2.05) is 51.1 Å². The van der Waals surface area contributed by atoms with E-state index in [1.54, 1.807) is 22.4 Å². The summed E-state index contributed by atoms with van der Waals surface area (Å²) >= 11 is 1.34. The number of aryl methyl sites for hydroxylation is 3. The summed E-state index contributed by atoms with van der Waals surface area (Å²) < 4.78 is 5.40. The van der Waals surface area contributed by atoms with Gasteiger partial charge in [0.25, 0.3) is 0 Å². The van der Waals surface area contributed by atoms with Crippen molar-refractivity contribution in [3.8, 4) is 0 Å². The van der Waals surface area contributed by atoms with E-state index in [4.69, 9.17) is 4.74 Å². The number of aromatic nitrogens is 1. The van der Waals surface area contributed by atoms with Crippen molar-refractivity contribution in [2.45, 2.75) is 34.3 Å². The second kappa shape index (κ2) is 8.35. The lowest BCUT2D eigenvalue weighted by molar-refractivity contribution is -0.115. The van der Waals surface area contributed by atoms with Crippen molar-refractivity contribution in [3.63, 3.8) is 0 Å². The van der Waals surface area contributed by atoms with Gasteiger partial charge in [0.1, 0.15) is 6.61 Å². The Hall–Kier alpha value is -2.99. The highest BCUT2D eigenvalue weighted by molar-refractivity contribution is 7.14. The van der Waals surface area contributed by atoms with Crippen LogP contribution in [0.2, 0.25) is 0 Å². The fourth-order valence-electron chi connectivity index (χ4n) is 2.97. The summed E-state index contributed by atoms with van der Waals surface area (Å²) in [7, 11) is 0. The first-order chi connectivity index (χ1) is 13.3. The van der Waals surface area contributed by atoms with Crippen LogP contribution >= 0.6 is 11.3 Å². The number of hydrogen-bond acceptors (Lipinski definition) is 5. The lowest BCUT2D eigenvalue weighted by Gasteiger charge is -2.18. The monoisotopic (exact) mass is 394 g/mol. The zero-order valence-corrected chi connectivity index (χ0v) is 17.2. The van der Waals surface area contributed by atoms with Gasteiger partial charge in [-0.2, -0.15) is 0 Å². The summed E-state index contributed by atoms with van der Waals surface area (Å²) in [6.45, 7) is 7.42. The summed E-state index contributed by atoms with van der Waals surface area (Å²) in [4.78, 5) is 30.6. The zero-order valence-electron chi connectivity index (χ0n) is 16.4. The van der Waals surface area contributed by atoms with Crippen LogP contribution in [-0.2, 0) is 16.1 Å². The van der Waals surface area contributed by atoms with Gasteiger partial charge < -0.3 is 4.74 Å². The summed E-state index contributed by atoms with van der Waals surface area (Å²) in [6.07, 6.45) is 0. The molecule has 144 valence electrons. The molecule has 0 spiro atoms. The van der Waals surface area contributed by atoms with Gasteiger partial charge in [-0.25, -0.2) is 9.78 Å². The molecule has 0 aliphatic rings. The third-order valence-electron chi connectivity index (χ3n) is 4.11. The van der Waals surface area contributed by atoms with Crippen LogP contribution in [-0.4, -0.2) is 16.9 Å². The van der Waals surface area contributed by atoms with E-state index in [2.05, 4.69) is 4.98 Å². The van der Waals surface area contributed by atoms with Gasteiger partial charge in [-0.3, -0.25) is 9.69 Å². The molecular weight excluding hydrogens is 372 g/mol. The Morgan fingerprint density at radius 2 is 1.75 bits per heavy atom. The predicted octanol–water partition coefficient (Wildman–Crippen LogP) is 5.11. The lowest BCUT2D eigenvalue weighted by Crippen LogP contribution is -2.22. The van der Waals surface area contributed by atoms with Crippen molar-refractivity contribution in [3.05, 3.63) is 75.8 Å². The Morgan fingerprint density at radius 1 is 1.04 bits per heavy atom. The fourth-order valence-corrected chi connectivity index (χ4v) is 3.85. The van der Waals surface area contributed by atoms with E-state index in [-0.39, 0.29) is 18.5 Å². The molecule has 28 heavy (non-hydrogen) atoms. The molecule has 3 aromatic rings. The van der Waals surface area contributed by atoms with E-state index in [1.165, 1.54) is 18.3 Å². The van der Waals surface area contributed by atoms with Gasteiger partial charge in [-0.1, -0.05) is 29.3 Å². The number of rotatable bonds is 5. The molecule has 1 aromatic heterocycles. The number of anilines is 2. The van der Waals surface area contributed by atoms with Gasteiger partial charge in [0.2, 0.25) is 5.91 Å². The predicted molar refractivity (Wildman–Crippen MR) is 111 cm³/mol. The zero-order chi connectivity index (χ0) is 20.3. The largest absolute Gasteiger partial charge is 0.456 e. The molecule has 0 bridgehead atoms. The minimum atomic E-state index is -0.386. The average molecular weight is 394 g/mol. The first-order valence-electron chi connectivity index (χ1n) is 8.90. The summed E-state index contributed by atoms with van der Waals surface area (Å²) in [6, 6.07) is 13.3. The van der Waals surface area contributed by atoms with Crippen LogP contribution in [0.1, 0.15) is 39.7 Å². The van der Waals surface area contributed by atoms with Crippen LogP contribution < -0.4 is 4.90 Å². The first kappa shape index (κ1) is 19.8. The topological polar surface area (TPSA) is 59.5 Å². The van der Waals surface area contributed by atoms with E-state index >= 15 is 0 Å². The number of esters is 1. The smallest absolute Gasteiger partial charge is 0.338 e. The molecule has 0 N–H and O–H groups in total. The molecular formula is C22H22N2O3S. The Kier molecular flexibility index (Phi) is 5.90. The highest BCUT2D eigenvalue weighted by Crippen LogP contribution is 2.29. The molecule has 0 atom stereocenters. The molecule has 0 radical (unpaired) electrons. The number of hydrogen-bond donors (Lipinski definition) is 0. The maximum atomic E-state index is 12.3. The molecule has 6 heteroatoms. The molecule has 0 aliphatic heterocycles. The SMILES string of the molecule is CC(=O)N(c1cccc(C)c1)c1nc(COC(=O)c2cc(C)cc(C)c2)cs1. The minimum Gasteiger partial charge on any atom is -0.456 e. The van der Waals surface area contributed by atoms with Crippen LogP contribution in [0.25, 0.3) is 0 Å². The van der Waals surface area contributed by atoms with E-state index in [9.17, 15) is 9.59 Å². The normalized spacial score (nSPS) is 10.6. The van der Waals surface area contributed by atoms with Gasteiger partial charge in [0.05, 0.1) is 16.9 Å². The summed E-state index contributed by atoms with van der Waals surface area (Å²) in [5.41, 5.74) is 4.98. The molecule has 0 saturated heterocycles. The Balaban J connectivity index is 1.74. The Morgan fingerprint density at radius 3 is 2.39 bits per heavy atom. The van der Waals surface area contributed by atoms with Crippen LogP contribution in [0.4, 0.5) is 10.8 Å². The van der Waals surface area contributed by atoms with Gasteiger partial charge in [-0.15, -0.1) is 11.3 Å². The van der Waals surface area contributed by atoms with Crippen molar-refractivity contribution >= 4 is 34.0 Å². The lowest BCUT2D eigenvalue weighted by atomic mass is 10.1. The second-order valence-corrected chi connectivity index (χ2v) is 7.60. The van der Waals surface area contributed by atoms with Crippen LogP contribution in [0.3, 0.4) is 0 Å². The Bertz CT molecular complexity index is 1010. The third kappa shape index (κ3) is 4.64. The van der Waals surface area contributed by atoms with Crippen molar-refractivity contribution in [1.29, 1.82) is 0 Å². The number of amides is 1. The molecule has 1 amide bonds. The molecule has 3 rings (SSSR count). The molecule has 0 fully saturated rings. The third-order valence-corrected chi connectivity index (χ3v) is 4.99. The van der Waals surface area contributed by atoms with Crippen LogP contribution in [0.5, 0.6) is 0 Å². The number of carbonyl (C=O) groups is 2. The molecule has 2 aromatic carbocycles.